The third-order valence-electron chi connectivity index (χ3n) is 2.89. The summed E-state index contributed by atoms with van der Waals surface area (Å²) in [6.07, 6.45) is 0. The first-order valence-corrected chi connectivity index (χ1v) is 5.71. The Morgan fingerprint density at radius 2 is 2.11 bits per heavy atom. The van der Waals surface area contributed by atoms with Crippen LogP contribution in [-0.2, 0) is 4.79 Å². The van der Waals surface area contributed by atoms with Gasteiger partial charge in [-0.05, 0) is 32.0 Å². The Hall–Kier alpha value is -2.37. The maximum atomic E-state index is 13.1. The van der Waals surface area contributed by atoms with E-state index in [2.05, 4.69) is 10.3 Å². The highest BCUT2D eigenvalue weighted by molar-refractivity contribution is 6.08. The Morgan fingerprint density at radius 1 is 1.42 bits per heavy atom. The Labute approximate surface area is 108 Å². The number of H-pyrrole nitrogens is 1. The van der Waals surface area contributed by atoms with E-state index in [9.17, 15) is 14.0 Å². The monoisotopic (exact) mass is 264 g/mol. The fraction of sp³-hybridized carbons (Fsp3) is 0.231. The molecule has 0 bridgehead atoms. The minimum Gasteiger partial charge on any atom is -0.480 e. The Balaban J connectivity index is 2.42. The summed E-state index contributed by atoms with van der Waals surface area (Å²) >= 11 is 0. The maximum absolute atomic E-state index is 13.1. The summed E-state index contributed by atoms with van der Waals surface area (Å²) in [5.74, 6) is -2.01. The van der Waals surface area contributed by atoms with Gasteiger partial charge >= 0.3 is 5.97 Å². The molecule has 3 N–H and O–H groups in total. The number of fused-ring (bicyclic) bond motifs is 1. The number of aromatic nitrogens is 1. The molecule has 1 aromatic heterocycles. The van der Waals surface area contributed by atoms with Gasteiger partial charge in [0.05, 0.1) is 5.56 Å². The number of hydrogen-bond donors (Lipinski definition) is 3. The number of carboxylic acids is 1. The van der Waals surface area contributed by atoms with Gasteiger partial charge in [0.1, 0.15) is 11.9 Å². The number of halogens is 1. The van der Waals surface area contributed by atoms with Crippen molar-refractivity contribution in [1.29, 1.82) is 0 Å². The average molecular weight is 264 g/mol. The zero-order chi connectivity index (χ0) is 14.2. The lowest BCUT2D eigenvalue weighted by atomic mass is 10.1. The van der Waals surface area contributed by atoms with E-state index in [1.807, 2.05) is 0 Å². The van der Waals surface area contributed by atoms with Crippen molar-refractivity contribution in [3.63, 3.8) is 0 Å². The topological polar surface area (TPSA) is 82.2 Å². The van der Waals surface area contributed by atoms with Gasteiger partial charge in [-0.1, -0.05) is 0 Å². The largest absolute Gasteiger partial charge is 0.480 e. The Morgan fingerprint density at radius 3 is 2.74 bits per heavy atom. The van der Waals surface area contributed by atoms with Crippen LogP contribution in [0.3, 0.4) is 0 Å². The molecular formula is C13H13FN2O3. The van der Waals surface area contributed by atoms with Crippen LogP contribution in [0.2, 0.25) is 0 Å². The van der Waals surface area contributed by atoms with Gasteiger partial charge in [-0.2, -0.15) is 0 Å². The van der Waals surface area contributed by atoms with E-state index in [1.54, 1.807) is 6.92 Å². The van der Waals surface area contributed by atoms with Gasteiger partial charge in [-0.15, -0.1) is 0 Å². The smallest absolute Gasteiger partial charge is 0.325 e. The molecule has 2 aromatic rings. The molecule has 2 rings (SSSR count). The van der Waals surface area contributed by atoms with Crippen LogP contribution in [0, 0.1) is 12.7 Å². The minimum absolute atomic E-state index is 0.336. The van der Waals surface area contributed by atoms with E-state index in [4.69, 9.17) is 5.11 Å². The molecule has 0 saturated carbocycles. The number of aromatic amines is 1. The molecule has 0 radical (unpaired) electrons. The predicted molar refractivity (Wildman–Crippen MR) is 67.6 cm³/mol. The molecule has 6 heteroatoms. The highest BCUT2D eigenvalue weighted by atomic mass is 19.1. The van der Waals surface area contributed by atoms with E-state index < -0.39 is 23.7 Å². The molecule has 1 atom stereocenters. The van der Waals surface area contributed by atoms with Crippen molar-refractivity contribution in [3.8, 4) is 0 Å². The first-order chi connectivity index (χ1) is 8.90. The second-order valence-electron chi connectivity index (χ2n) is 4.35. The summed E-state index contributed by atoms with van der Waals surface area (Å²) < 4.78 is 13.1. The first kappa shape index (κ1) is 13.1. The van der Waals surface area contributed by atoms with E-state index in [-0.39, 0.29) is 0 Å². The van der Waals surface area contributed by atoms with Crippen molar-refractivity contribution < 1.29 is 19.1 Å². The number of aryl methyl sites for hydroxylation is 1. The predicted octanol–water partition coefficient (Wildman–Crippen LogP) is 1.82. The van der Waals surface area contributed by atoms with Crippen molar-refractivity contribution in [2.75, 3.05) is 0 Å². The molecule has 0 aliphatic carbocycles. The number of hydrogen-bond acceptors (Lipinski definition) is 2. The minimum atomic E-state index is -1.11. The average Bonchev–Trinajstić information content (AvgIpc) is 2.63. The molecule has 0 aliphatic heterocycles. The second-order valence-corrected chi connectivity index (χ2v) is 4.35. The Kier molecular flexibility index (Phi) is 3.25. The Bertz CT molecular complexity index is 663. The van der Waals surface area contributed by atoms with Crippen LogP contribution in [0.15, 0.2) is 18.2 Å². The quantitative estimate of drug-likeness (QED) is 0.790. The summed E-state index contributed by atoms with van der Waals surface area (Å²) in [5.41, 5.74) is 1.41. The van der Waals surface area contributed by atoms with Gasteiger partial charge in [-0.3, -0.25) is 9.59 Å². The molecule has 0 fully saturated rings. The van der Waals surface area contributed by atoms with Crippen molar-refractivity contribution in [1.82, 2.24) is 10.3 Å². The second kappa shape index (κ2) is 4.72. The highest BCUT2D eigenvalue weighted by Gasteiger charge is 2.20. The number of benzene rings is 1. The number of aliphatic carboxylic acids is 1. The van der Waals surface area contributed by atoms with E-state index in [0.717, 1.165) is 0 Å². The molecule has 100 valence electrons. The summed E-state index contributed by atoms with van der Waals surface area (Å²) in [6, 6.07) is 3.05. The molecule has 0 unspecified atom stereocenters. The van der Waals surface area contributed by atoms with Crippen molar-refractivity contribution >= 4 is 22.8 Å². The van der Waals surface area contributed by atoms with Gasteiger partial charge in [0.2, 0.25) is 0 Å². The number of carbonyl (C=O) groups is 2. The van der Waals surface area contributed by atoms with Gasteiger partial charge in [-0.25, -0.2) is 4.39 Å². The third kappa shape index (κ3) is 2.42. The van der Waals surface area contributed by atoms with Crippen LogP contribution in [-0.4, -0.2) is 28.0 Å². The van der Waals surface area contributed by atoms with Crippen LogP contribution in [0.25, 0.3) is 10.9 Å². The number of carboxylic acid groups (broad SMARTS) is 1. The van der Waals surface area contributed by atoms with Crippen LogP contribution in [0.1, 0.15) is 23.0 Å². The van der Waals surface area contributed by atoms with Gasteiger partial charge < -0.3 is 15.4 Å². The van der Waals surface area contributed by atoms with Crippen LogP contribution in [0.4, 0.5) is 4.39 Å². The standard InChI is InChI=1S/C13H13FN2O3/c1-6-11(12(17)16-7(2)13(18)19)9-4-3-8(14)5-10(9)15-6/h3-5,7,15H,1-2H3,(H,16,17)(H,18,19)/t7-/m0/s1. The molecule has 1 heterocycles. The lowest BCUT2D eigenvalue weighted by Crippen LogP contribution is -2.38. The highest BCUT2D eigenvalue weighted by Crippen LogP contribution is 2.22. The maximum Gasteiger partial charge on any atom is 0.325 e. The molecule has 1 amide bonds. The van der Waals surface area contributed by atoms with Crippen LogP contribution < -0.4 is 5.32 Å². The SMILES string of the molecule is Cc1[nH]c2cc(F)ccc2c1C(=O)N[C@@H](C)C(=O)O. The molecule has 0 aliphatic rings. The zero-order valence-electron chi connectivity index (χ0n) is 10.5. The van der Waals surface area contributed by atoms with Crippen LogP contribution in [0.5, 0.6) is 0 Å². The summed E-state index contributed by atoms with van der Waals surface area (Å²) in [6.45, 7) is 3.06. The number of carbonyl (C=O) groups excluding carboxylic acids is 1. The number of amides is 1. The van der Waals surface area contributed by atoms with E-state index >= 15 is 0 Å². The lowest BCUT2D eigenvalue weighted by Gasteiger charge is -2.09. The van der Waals surface area contributed by atoms with Crippen molar-refractivity contribution in [2.45, 2.75) is 19.9 Å². The fourth-order valence-electron chi connectivity index (χ4n) is 1.93. The van der Waals surface area contributed by atoms with Crippen molar-refractivity contribution in [2.24, 2.45) is 0 Å². The van der Waals surface area contributed by atoms with Crippen LogP contribution >= 0.6 is 0 Å². The molecule has 19 heavy (non-hydrogen) atoms. The van der Waals surface area contributed by atoms with Gasteiger partial charge in [0, 0.05) is 16.6 Å². The van der Waals surface area contributed by atoms with Gasteiger partial charge in [0.15, 0.2) is 0 Å². The number of nitrogens with one attached hydrogen (secondary N) is 2. The summed E-state index contributed by atoms with van der Waals surface area (Å²) in [5, 5.41) is 11.7. The summed E-state index contributed by atoms with van der Waals surface area (Å²) in [4.78, 5) is 25.7. The third-order valence-corrected chi connectivity index (χ3v) is 2.89. The molecular weight excluding hydrogens is 251 g/mol. The first-order valence-electron chi connectivity index (χ1n) is 5.71. The van der Waals surface area contributed by atoms with Gasteiger partial charge in [0.25, 0.3) is 5.91 Å². The summed E-state index contributed by atoms with van der Waals surface area (Å²) in [7, 11) is 0. The zero-order valence-corrected chi connectivity index (χ0v) is 10.5. The molecule has 0 saturated heterocycles. The van der Waals surface area contributed by atoms with E-state index in [0.29, 0.717) is 22.2 Å². The fourth-order valence-corrected chi connectivity index (χ4v) is 1.93. The van der Waals surface area contributed by atoms with Crippen molar-refractivity contribution in [3.05, 3.63) is 35.3 Å². The molecule has 0 spiro atoms. The normalized spacial score (nSPS) is 12.4. The van der Waals surface area contributed by atoms with E-state index in [1.165, 1.54) is 25.1 Å². The molecule has 5 nitrogen and oxygen atoms in total. The number of rotatable bonds is 3. The molecule has 1 aromatic carbocycles. The lowest BCUT2D eigenvalue weighted by molar-refractivity contribution is -0.138.